The van der Waals surface area contributed by atoms with Gasteiger partial charge < -0.3 is 15.1 Å². The third kappa shape index (κ3) is 3.48. The van der Waals surface area contributed by atoms with Gasteiger partial charge in [-0.1, -0.05) is 18.6 Å². The van der Waals surface area contributed by atoms with Crippen molar-refractivity contribution < 1.29 is 4.79 Å². The standard InChI is InChI=1S/C18H31N3O/c1-14-5-3-6-15(2)17(14)13-20-11-7-16(8-12-20)21-10-4-9-19-18(21)22/h5,15-17H,3-4,6-13H2,1-2H3,(H,19,22)/t15-,17-/m1/s1. The minimum atomic E-state index is 0.157. The first kappa shape index (κ1) is 15.9. The number of nitrogens with zero attached hydrogens (tertiary/aromatic N) is 2. The predicted octanol–water partition coefficient (Wildman–Crippen LogP) is 2.86. The number of piperidine rings is 1. The van der Waals surface area contributed by atoms with Gasteiger partial charge in [0.2, 0.25) is 0 Å². The number of carbonyl (C=O) groups excluding carboxylic acids is 1. The van der Waals surface area contributed by atoms with Crippen LogP contribution in [0.5, 0.6) is 0 Å². The van der Waals surface area contributed by atoms with Crippen molar-refractivity contribution in [2.75, 3.05) is 32.7 Å². The van der Waals surface area contributed by atoms with Gasteiger partial charge in [-0.05, 0) is 50.9 Å². The maximum Gasteiger partial charge on any atom is 0.317 e. The van der Waals surface area contributed by atoms with Crippen molar-refractivity contribution in [3.63, 3.8) is 0 Å². The van der Waals surface area contributed by atoms with Gasteiger partial charge in [0.15, 0.2) is 0 Å². The molecule has 2 atom stereocenters. The lowest BCUT2D eigenvalue weighted by molar-refractivity contribution is 0.100. The number of likely N-dealkylation sites (tertiary alicyclic amines) is 1. The van der Waals surface area contributed by atoms with Crippen LogP contribution in [0.15, 0.2) is 11.6 Å². The number of hydrogen-bond acceptors (Lipinski definition) is 2. The molecular formula is C18H31N3O. The third-order valence-electron chi connectivity index (χ3n) is 5.93. The summed E-state index contributed by atoms with van der Waals surface area (Å²) < 4.78 is 0. The van der Waals surface area contributed by atoms with E-state index in [-0.39, 0.29) is 6.03 Å². The lowest BCUT2D eigenvalue weighted by Gasteiger charge is -2.42. The molecule has 3 aliphatic rings. The van der Waals surface area contributed by atoms with E-state index in [4.69, 9.17) is 0 Å². The number of hydrogen-bond donors (Lipinski definition) is 1. The summed E-state index contributed by atoms with van der Waals surface area (Å²) in [5.74, 6) is 1.55. The summed E-state index contributed by atoms with van der Waals surface area (Å²) in [5, 5.41) is 2.98. The number of urea groups is 1. The number of rotatable bonds is 3. The number of carbonyl (C=O) groups is 1. The molecule has 0 bridgehead atoms. The molecule has 2 fully saturated rings. The van der Waals surface area contributed by atoms with Crippen LogP contribution in [-0.2, 0) is 0 Å². The van der Waals surface area contributed by atoms with Gasteiger partial charge >= 0.3 is 6.03 Å². The third-order valence-corrected chi connectivity index (χ3v) is 5.93. The van der Waals surface area contributed by atoms with Gasteiger partial charge in [-0.25, -0.2) is 4.79 Å². The van der Waals surface area contributed by atoms with Crippen molar-refractivity contribution in [2.45, 2.75) is 52.0 Å². The molecule has 2 amide bonds. The van der Waals surface area contributed by atoms with Gasteiger partial charge in [0.1, 0.15) is 0 Å². The number of allylic oxidation sites excluding steroid dienone is 1. The molecule has 1 N–H and O–H groups in total. The van der Waals surface area contributed by atoms with Crippen LogP contribution in [-0.4, -0.2) is 54.6 Å². The molecule has 0 aromatic heterocycles. The maximum absolute atomic E-state index is 12.0. The van der Waals surface area contributed by atoms with E-state index in [9.17, 15) is 4.79 Å². The highest BCUT2D eigenvalue weighted by Gasteiger charge is 2.31. The Morgan fingerprint density at radius 1 is 1.23 bits per heavy atom. The normalized spacial score (nSPS) is 31.8. The molecule has 2 saturated heterocycles. The molecule has 22 heavy (non-hydrogen) atoms. The van der Waals surface area contributed by atoms with Crippen molar-refractivity contribution in [3.8, 4) is 0 Å². The predicted molar refractivity (Wildman–Crippen MR) is 89.8 cm³/mol. The second-order valence-electron chi connectivity index (χ2n) is 7.42. The fourth-order valence-corrected chi connectivity index (χ4v) is 4.39. The molecular weight excluding hydrogens is 274 g/mol. The molecule has 1 aliphatic carbocycles. The molecule has 0 radical (unpaired) electrons. The second-order valence-corrected chi connectivity index (χ2v) is 7.42. The molecule has 2 aliphatic heterocycles. The minimum Gasteiger partial charge on any atom is -0.338 e. The van der Waals surface area contributed by atoms with E-state index in [0.717, 1.165) is 57.3 Å². The van der Waals surface area contributed by atoms with Gasteiger partial charge in [0.05, 0.1) is 0 Å². The van der Waals surface area contributed by atoms with Crippen molar-refractivity contribution in [2.24, 2.45) is 11.8 Å². The van der Waals surface area contributed by atoms with Crippen molar-refractivity contribution >= 4 is 6.03 Å². The highest BCUT2D eigenvalue weighted by Crippen LogP contribution is 2.31. The zero-order chi connectivity index (χ0) is 15.5. The molecule has 124 valence electrons. The van der Waals surface area contributed by atoms with E-state index in [0.29, 0.717) is 6.04 Å². The van der Waals surface area contributed by atoms with Gasteiger partial charge in [-0.3, -0.25) is 0 Å². The summed E-state index contributed by atoms with van der Waals surface area (Å²) in [4.78, 5) is 16.7. The first-order valence-electron chi connectivity index (χ1n) is 9.08. The van der Waals surface area contributed by atoms with Crippen LogP contribution in [0.3, 0.4) is 0 Å². The van der Waals surface area contributed by atoms with Crippen LogP contribution in [0.4, 0.5) is 4.79 Å². The summed E-state index contributed by atoms with van der Waals surface area (Å²) in [7, 11) is 0. The Morgan fingerprint density at radius 2 is 2.00 bits per heavy atom. The fraction of sp³-hybridized carbons (Fsp3) is 0.833. The highest BCUT2D eigenvalue weighted by atomic mass is 16.2. The summed E-state index contributed by atoms with van der Waals surface area (Å²) in [6, 6.07) is 0.612. The molecule has 2 heterocycles. The van der Waals surface area contributed by atoms with Crippen molar-refractivity contribution in [1.82, 2.24) is 15.1 Å². The summed E-state index contributed by atoms with van der Waals surface area (Å²) in [6.45, 7) is 10.0. The molecule has 4 heteroatoms. The van der Waals surface area contributed by atoms with Crippen LogP contribution >= 0.6 is 0 Å². The van der Waals surface area contributed by atoms with Gasteiger partial charge in [-0.2, -0.15) is 0 Å². The molecule has 4 nitrogen and oxygen atoms in total. The highest BCUT2D eigenvalue weighted by molar-refractivity contribution is 5.75. The summed E-state index contributed by atoms with van der Waals surface area (Å²) >= 11 is 0. The van der Waals surface area contributed by atoms with E-state index >= 15 is 0 Å². The van der Waals surface area contributed by atoms with Crippen molar-refractivity contribution in [1.29, 1.82) is 0 Å². The van der Waals surface area contributed by atoms with Gasteiger partial charge in [0.25, 0.3) is 0 Å². The van der Waals surface area contributed by atoms with Gasteiger partial charge in [-0.15, -0.1) is 0 Å². The van der Waals surface area contributed by atoms with E-state index < -0.39 is 0 Å². The minimum absolute atomic E-state index is 0.157. The Balaban J connectivity index is 1.50. The average Bonchev–Trinajstić information content (AvgIpc) is 2.52. The summed E-state index contributed by atoms with van der Waals surface area (Å²) in [5.41, 5.74) is 1.59. The zero-order valence-corrected chi connectivity index (χ0v) is 14.2. The zero-order valence-electron chi connectivity index (χ0n) is 14.2. The second kappa shape index (κ2) is 7.03. The van der Waals surface area contributed by atoms with Crippen LogP contribution in [0.1, 0.15) is 46.0 Å². The maximum atomic E-state index is 12.0. The summed E-state index contributed by atoms with van der Waals surface area (Å²) in [6.07, 6.45) is 8.40. The lowest BCUT2D eigenvalue weighted by Crippen LogP contribution is -2.54. The van der Waals surface area contributed by atoms with E-state index in [1.54, 1.807) is 5.57 Å². The average molecular weight is 305 g/mol. The Hall–Kier alpha value is -1.03. The van der Waals surface area contributed by atoms with E-state index in [2.05, 4.69) is 35.0 Å². The largest absolute Gasteiger partial charge is 0.338 e. The van der Waals surface area contributed by atoms with Crippen LogP contribution in [0.2, 0.25) is 0 Å². The Bertz CT molecular complexity index is 426. The molecule has 3 rings (SSSR count). The first-order chi connectivity index (χ1) is 10.6. The van der Waals surface area contributed by atoms with Crippen LogP contribution in [0, 0.1) is 11.8 Å². The number of nitrogens with one attached hydrogen (secondary N) is 1. The molecule has 0 spiro atoms. The van der Waals surface area contributed by atoms with E-state index in [1.807, 2.05) is 0 Å². The Labute approximate surface area is 134 Å². The van der Waals surface area contributed by atoms with Crippen LogP contribution < -0.4 is 5.32 Å². The Kier molecular flexibility index (Phi) is 5.07. The quantitative estimate of drug-likeness (QED) is 0.814. The number of amides is 2. The van der Waals surface area contributed by atoms with E-state index in [1.165, 1.54) is 19.4 Å². The lowest BCUT2D eigenvalue weighted by atomic mass is 9.79. The Morgan fingerprint density at radius 3 is 2.68 bits per heavy atom. The molecule has 0 aromatic carbocycles. The van der Waals surface area contributed by atoms with Gasteiger partial charge in [0, 0.05) is 38.8 Å². The van der Waals surface area contributed by atoms with Crippen LogP contribution in [0.25, 0.3) is 0 Å². The molecule has 0 aromatic rings. The SMILES string of the molecule is CC1=CCC[C@@H](C)[C@@H]1CN1CCC(N2CCCNC2=O)CC1. The smallest absolute Gasteiger partial charge is 0.317 e. The molecule has 0 unspecified atom stereocenters. The van der Waals surface area contributed by atoms with Crippen molar-refractivity contribution in [3.05, 3.63) is 11.6 Å². The molecule has 0 saturated carbocycles. The monoisotopic (exact) mass is 305 g/mol. The fourth-order valence-electron chi connectivity index (χ4n) is 4.39. The topological polar surface area (TPSA) is 35.6 Å². The first-order valence-corrected chi connectivity index (χ1v) is 9.08.